The first-order valence-electron chi connectivity index (χ1n) is 11.5. The number of aromatic nitrogens is 1. The van der Waals surface area contributed by atoms with Crippen molar-refractivity contribution in [3.05, 3.63) is 99.9 Å². The summed E-state index contributed by atoms with van der Waals surface area (Å²) in [5.41, 5.74) is 1.10. The quantitative estimate of drug-likeness (QED) is 0.270. The van der Waals surface area contributed by atoms with Crippen molar-refractivity contribution in [2.75, 3.05) is 24.0 Å². The van der Waals surface area contributed by atoms with E-state index in [2.05, 4.69) is 31.5 Å². The number of amides is 2. The van der Waals surface area contributed by atoms with Gasteiger partial charge in [0.2, 0.25) is 0 Å². The molecule has 200 valence electrons. The van der Waals surface area contributed by atoms with Crippen LogP contribution in [-0.2, 0) is 9.84 Å². The molecular weight excluding hydrogens is 589 g/mol. The standard InChI is InChI=1S/C28H23BrFN3O5S/c1-16-12-19(38-2)14-22(28(35)32-25-11-9-18(29)15-31-25)26(16)33-27(34)21-10-8-17(13-23(21)30)20-6-4-5-7-24(20)39(3,36)37/h4-15H,1-3H3,(H,33,34)(H,31,32,35). The van der Waals surface area contributed by atoms with Crippen molar-refractivity contribution in [2.24, 2.45) is 0 Å². The molecule has 0 radical (unpaired) electrons. The van der Waals surface area contributed by atoms with E-state index in [1.54, 1.807) is 43.3 Å². The Balaban J connectivity index is 1.66. The highest BCUT2D eigenvalue weighted by atomic mass is 79.9. The minimum atomic E-state index is -3.57. The lowest BCUT2D eigenvalue weighted by atomic mass is 10.0. The highest BCUT2D eigenvalue weighted by Crippen LogP contribution is 2.31. The fourth-order valence-corrected chi connectivity index (χ4v) is 5.07. The molecule has 0 spiro atoms. The Kier molecular flexibility index (Phi) is 8.12. The fraction of sp³-hybridized carbons (Fsp3) is 0.107. The van der Waals surface area contributed by atoms with E-state index in [9.17, 15) is 18.0 Å². The Labute approximate surface area is 233 Å². The smallest absolute Gasteiger partial charge is 0.259 e. The molecule has 0 bridgehead atoms. The summed E-state index contributed by atoms with van der Waals surface area (Å²) in [7, 11) is -2.12. The molecule has 0 aliphatic heterocycles. The van der Waals surface area contributed by atoms with Crippen LogP contribution in [0.3, 0.4) is 0 Å². The number of pyridine rings is 1. The second-order valence-electron chi connectivity index (χ2n) is 8.60. The van der Waals surface area contributed by atoms with Crippen LogP contribution in [0.15, 0.2) is 82.3 Å². The first-order chi connectivity index (χ1) is 18.5. The molecule has 0 atom stereocenters. The van der Waals surface area contributed by atoms with Gasteiger partial charge in [0, 0.05) is 22.5 Å². The highest BCUT2D eigenvalue weighted by Gasteiger charge is 2.22. The van der Waals surface area contributed by atoms with Crippen molar-refractivity contribution in [3.63, 3.8) is 0 Å². The van der Waals surface area contributed by atoms with Gasteiger partial charge in [0.25, 0.3) is 11.8 Å². The van der Waals surface area contributed by atoms with Crippen molar-refractivity contribution in [1.29, 1.82) is 0 Å². The molecule has 1 heterocycles. The molecule has 11 heteroatoms. The van der Waals surface area contributed by atoms with Gasteiger partial charge < -0.3 is 15.4 Å². The largest absolute Gasteiger partial charge is 0.497 e. The predicted molar refractivity (Wildman–Crippen MR) is 151 cm³/mol. The van der Waals surface area contributed by atoms with Crippen LogP contribution in [0.4, 0.5) is 15.9 Å². The molecule has 39 heavy (non-hydrogen) atoms. The summed E-state index contributed by atoms with van der Waals surface area (Å²) in [6, 6.07) is 16.5. The molecule has 3 aromatic carbocycles. The first kappa shape index (κ1) is 27.9. The third-order valence-electron chi connectivity index (χ3n) is 5.81. The topological polar surface area (TPSA) is 114 Å². The van der Waals surface area contributed by atoms with Gasteiger partial charge in [-0.3, -0.25) is 9.59 Å². The number of anilines is 2. The second kappa shape index (κ2) is 11.3. The van der Waals surface area contributed by atoms with E-state index < -0.39 is 27.5 Å². The lowest BCUT2D eigenvalue weighted by Gasteiger charge is -2.16. The molecule has 4 rings (SSSR count). The minimum absolute atomic E-state index is 0.0476. The molecular formula is C28H23BrFN3O5S. The number of halogens is 2. The Morgan fingerprint density at radius 2 is 1.67 bits per heavy atom. The molecule has 0 unspecified atom stereocenters. The SMILES string of the molecule is COc1cc(C)c(NC(=O)c2ccc(-c3ccccc3S(C)(=O)=O)cc2F)c(C(=O)Nc2ccc(Br)cn2)c1. The summed E-state index contributed by atoms with van der Waals surface area (Å²) in [4.78, 5) is 30.5. The molecule has 0 aliphatic rings. The van der Waals surface area contributed by atoms with Gasteiger partial charge in [-0.2, -0.15) is 0 Å². The number of aryl methyl sites for hydroxylation is 1. The third kappa shape index (κ3) is 6.32. The number of nitrogens with zero attached hydrogens (tertiary/aromatic N) is 1. The molecule has 0 aliphatic carbocycles. The number of ether oxygens (including phenoxy) is 1. The zero-order valence-corrected chi connectivity index (χ0v) is 23.5. The predicted octanol–water partition coefficient (Wildman–Crippen LogP) is 5.88. The van der Waals surface area contributed by atoms with Gasteiger partial charge >= 0.3 is 0 Å². The van der Waals surface area contributed by atoms with Crippen LogP contribution in [0.5, 0.6) is 5.75 Å². The molecule has 8 nitrogen and oxygen atoms in total. The van der Waals surface area contributed by atoms with Crippen LogP contribution in [0.2, 0.25) is 0 Å². The van der Waals surface area contributed by atoms with Gasteiger partial charge in [0.15, 0.2) is 9.84 Å². The van der Waals surface area contributed by atoms with Crippen molar-refractivity contribution in [3.8, 4) is 16.9 Å². The van der Waals surface area contributed by atoms with Crippen molar-refractivity contribution in [2.45, 2.75) is 11.8 Å². The van der Waals surface area contributed by atoms with Gasteiger partial charge in [0.1, 0.15) is 17.4 Å². The average molecular weight is 612 g/mol. The zero-order valence-electron chi connectivity index (χ0n) is 21.1. The number of sulfone groups is 1. The average Bonchev–Trinajstić information content (AvgIpc) is 2.90. The summed E-state index contributed by atoms with van der Waals surface area (Å²) in [5.74, 6) is -1.53. The number of carbonyl (C=O) groups excluding carboxylic acids is 2. The third-order valence-corrected chi connectivity index (χ3v) is 7.43. The number of nitrogens with one attached hydrogen (secondary N) is 2. The van der Waals surface area contributed by atoms with E-state index in [0.717, 1.165) is 16.8 Å². The number of hydrogen-bond donors (Lipinski definition) is 2. The Hall–Kier alpha value is -4.09. The normalized spacial score (nSPS) is 11.1. The molecule has 0 fully saturated rings. The van der Waals surface area contributed by atoms with Crippen molar-refractivity contribution in [1.82, 2.24) is 4.98 Å². The van der Waals surface area contributed by atoms with Crippen LogP contribution in [0.1, 0.15) is 26.3 Å². The molecule has 1 aromatic heterocycles. The number of benzene rings is 3. The van der Waals surface area contributed by atoms with Crippen molar-refractivity contribution >= 4 is 49.1 Å². The van der Waals surface area contributed by atoms with Crippen LogP contribution < -0.4 is 15.4 Å². The van der Waals surface area contributed by atoms with Crippen LogP contribution in [-0.4, -0.2) is 38.6 Å². The second-order valence-corrected chi connectivity index (χ2v) is 11.5. The van der Waals surface area contributed by atoms with E-state index in [1.165, 1.54) is 37.6 Å². The summed E-state index contributed by atoms with van der Waals surface area (Å²) in [5, 5.41) is 5.31. The van der Waals surface area contributed by atoms with E-state index in [0.29, 0.717) is 22.4 Å². The number of methoxy groups -OCH3 is 1. The highest BCUT2D eigenvalue weighted by molar-refractivity contribution is 9.10. The zero-order chi connectivity index (χ0) is 28.3. The van der Waals surface area contributed by atoms with Gasteiger partial charge in [-0.25, -0.2) is 17.8 Å². The van der Waals surface area contributed by atoms with Gasteiger partial charge in [-0.1, -0.05) is 24.3 Å². The Bertz CT molecular complexity index is 1690. The van der Waals surface area contributed by atoms with E-state index >= 15 is 4.39 Å². The first-order valence-corrected chi connectivity index (χ1v) is 14.2. The molecule has 2 amide bonds. The van der Waals surface area contributed by atoms with Gasteiger partial charge in [-0.05, 0) is 76.4 Å². The Morgan fingerprint density at radius 3 is 2.31 bits per heavy atom. The minimum Gasteiger partial charge on any atom is -0.497 e. The van der Waals surface area contributed by atoms with E-state index in [-0.39, 0.29) is 27.5 Å². The van der Waals surface area contributed by atoms with Crippen LogP contribution >= 0.6 is 15.9 Å². The van der Waals surface area contributed by atoms with Gasteiger partial charge in [-0.15, -0.1) is 0 Å². The summed E-state index contributed by atoms with van der Waals surface area (Å²) in [6.45, 7) is 1.67. The fourth-order valence-electron chi connectivity index (χ4n) is 3.93. The molecule has 0 saturated heterocycles. The van der Waals surface area contributed by atoms with E-state index in [4.69, 9.17) is 4.74 Å². The lowest BCUT2D eigenvalue weighted by molar-refractivity contribution is 0.102. The van der Waals surface area contributed by atoms with Crippen LogP contribution in [0.25, 0.3) is 11.1 Å². The number of carbonyl (C=O) groups is 2. The molecule has 4 aromatic rings. The monoisotopic (exact) mass is 611 g/mol. The van der Waals surface area contributed by atoms with Gasteiger partial charge in [0.05, 0.1) is 28.8 Å². The van der Waals surface area contributed by atoms with Crippen molar-refractivity contribution < 1.29 is 27.1 Å². The van der Waals surface area contributed by atoms with Crippen LogP contribution in [0, 0.1) is 12.7 Å². The maximum Gasteiger partial charge on any atom is 0.259 e. The van der Waals surface area contributed by atoms with E-state index in [1.807, 2.05) is 0 Å². The molecule has 0 saturated carbocycles. The number of rotatable bonds is 7. The maximum absolute atomic E-state index is 15.2. The molecule has 2 N–H and O–H groups in total. The Morgan fingerprint density at radius 1 is 0.949 bits per heavy atom. The number of hydrogen-bond acceptors (Lipinski definition) is 6. The summed E-state index contributed by atoms with van der Waals surface area (Å²) >= 11 is 3.28. The summed E-state index contributed by atoms with van der Waals surface area (Å²) in [6.07, 6.45) is 2.59. The summed E-state index contributed by atoms with van der Waals surface area (Å²) < 4.78 is 45.6. The lowest BCUT2D eigenvalue weighted by Crippen LogP contribution is -2.20. The maximum atomic E-state index is 15.2.